The van der Waals surface area contributed by atoms with Crippen molar-refractivity contribution < 1.29 is 26.4 Å². The smallest absolute Gasteiger partial charge is 0.324 e. The number of anilines is 2. The molecule has 27 heavy (non-hydrogen) atoms. The van der Waals surface area contributed by atoms with Gasteiger partial charge in [-0.1, -0.05) is 18.2 Å². The van der Waals surface area contributed by atoms with E-state index in [-0.39, 0.29) is 5.69 Å². The summed E-state index contributed by atoms with van der Waals surface area (Å²) in [5.41, 5.74) is 0.956. The van der Waals surface area contributed by atoms with E-state index in [4.69, 9.17) is 0 Å². The third-order valence-electron chi connectivity index (χ3n) is 3.82. The Labute approximate surface area is 155 Å². The molecule has 9 heteroatoms. The number of benzene rings is 2. The first-order chi connectivity index (χ1) is 12.4. The molecule has 0 aliphatic heterocycles. The first kappa shape index (κ1) is 20.8. The fraction of sp³-hybridized carbons (Fsp3) is 0.278. The molecule has 0 saturated heterocycles. The molecule has 0 unspecified atom stereocenters. The van der Waals surface area contributed by atoms with Crippen LogP contribution in [0, 0.1) is 13.8 Å². The van der Waals surface area contributed by atoms with Crippen LogP contribution in [0.15, 0.2) is 42.5 Å². The summed E-state index contributed by atoms with van der Waals surface area (Å²) in [5.74, 6) is -0.661. The van der Waals surface area contributed by atoms with E-state index in [1.165, 1.54) is 6.07 Å². The van der Waals surface area contributed by atoms with Gasteiger partial charge in [-0.2, -0.15) is 13.2 Å². The lowest BCUT2D eigenvalue weighted by Crippen LogP contribution is -2.37. The highest BCUT2D eigenvalue weighted by Gasteiger charge is 2.32. The van der Waals surface area contributed by atoms with Gasteiger partial charge in [-0.15, -0.1) is 0 Å². The molecule has 0 atom stereocenters. The van der Waals surface area contributed by atoms with Gasteiger partial charge in [0.2, 0.25) is 15.9 Å². The molecule has 5 nitrogen and oxygen atoms in total. The summed E-state index contributed by atoms with van der Waals surface area (Å²) in [6.45, 7) is 2.96. The average Bonchev–Trinajstić information content (AvgIpc) is 2.54. The maximum Gasteiger partial charge on any atom is 0.416 e. The van der Waals surface area contributed by atoms with Crippen LogP contribution in [0.25, 0.3) is 0 Å². The predicted octanol–water partition coefficient (Wildman–Crippen LogP) is 3.73. The van der Waals surface area contributed by atoms with Gasteiger partial charge in [0.15, 0.2) is 0 Å². The van der Waals surface area contributed by atoms with Crippen LogP contribution in [0.4, 0.5) is 24.5 Å². The van der Waals surface area contributed by atoms with Gasteiger partial charge in [0.1, 0.15) is 6.54 Å². The maximum atomic E-state index is 12.9. The van der Waals surface area contributed by atoms with Crippen molar-refractivity contribution in [1.29, 1.82) is 0 Å². The van der Waals surface area contributed by atoms with E-state index in [1.54, 1.807) is 19.1 Å². The van der Waals surface area contributed by atoms with Gasteiger partial charge in [0, 0.05) is 5.69 Å². The van der Waals surface area contributed by atoms with E-state index < -0.39 is 34.2 Å². The van der Waals surface area contributed by atoms with Crippen molar-refractivity contribution in [3.8, 4) is 0 Å². The van der Waals surface area contributed by atoms with E-state index in [0.29, 0.717) is 16.1 Å². The van der Waals surface area contributed by atoms with Gasteiger partial charge < -0.3 is 5.32 Å². The number of carbonyl (C=O) groups excluding carboxylic acids is 1. The SMILES string of the molecule is Cc1ccc(C)c(NC(=O)CN(c2cccc(C(F)(F)F)c2)S(C)(=O)=O)c1. The van der Waals surface area contributed by atoms with Crippen molar-refractivity contribution in [3.63, 3.8) is 0 Å². The van der Waals surface area contributed by atoms with E-state index in [9.17, 15) is 26.4 Å². The summed E-state index contributed by atoms with van der Waals surface area (Å²) in [6.07, 6.45) is -3.79. The zero-order chi connectivity index (χ0) is 20.4. The molecule has 0 heterocycles. The Morgan fingerprint density at radius 2 is 1.78 bits per heavy atom. The second-order valence-corrected chi connectivity index (χ2v) is 8.09. The molecule has 2 aromatic rings. The standard InChI is InChI=1S/C18H19F3N2O3S/c1-12-7-8-13(2)16(9-12)22-17(24)11-23(27(3,25)26)15-6-4-5-14(10-15)18(19,20)21/h4-10H,11H2,1-3H3,(H,22,24). The number of amides is 1. The number of sulfonamides is 1. The summed E-state index contributed by atoms with van der Waals surface area (Å²) >= 11 is 0. The third kappa shape index (κ3) is 5.46. The molecular weight excluding hydrogens is 381 g/mol. The Bertz CT molecular complexity index is 957. The summed E-state index contributed by atoms with van der Waals surface area (Å²) in [7, 11) is -3.98. The zero-order valence-electron chi connectivity index (χ0n) is 15.0. The van der Waals surface area contributed by atoms with E-state index in [2.05, 4.69) is 5.32 Å². The molecule has 2 rings (SSSR count). The number of alkyl halides is 3. The zero-order valence-corrected chi connectivity index (χ0v) is 15.8. The average molecular weight is 400 g/mol. The molecular formula is C18H19F3N2O3S. The van der Waals surface area contributed by atoms with Crippen molar-refractivity contribution in [2.24, 2.45) is 0 Å². The van der Waals surface area contributed by atoms with Gasteiger partial charge in [-0.05, 0) is 49.2 Å². The fourth-order valence-electron chi connectivity index (χ4n) is 2.43. The van der Waals surface area contributed by atoms with Crippen LogP contribution in [-0.2, 0) is 21.0 Å². The van der Waals surface area contributed by atoms with Crippen LogP contribution in [0.5, 0.6) is 0 Å². The van der Waals surface area contributed by atoms with Gasteiger partial charge in [0.25, 0.3) is 0 Å². The minimum Gasteiger partial charge on any atom is -0.324 e. The molecule has 0 aliphatic carbocycles. The molecule has 1 N–H and O–H groups in total. The lowest BCUT2D eigenvalue weighted by Gasteiger charge is -2.23. The van der Waals surface area contributed by atoms with Crippen LogP contribution in [0.3, 0.4) is 0 Å². The Hall–Kier alpha value is -2.55. The second kappa shape index (κ2) is 7.59. The number of halogens is 3. The number of rotatable bonds is 5. The van der Waals surface area contributed by atoms with Crippen LogP contribution in [-0.4, -0.2) is 27.1 Å². The second-order valence-electron chi connectivity index (χ2n) is 6.18. The van der Waals surface area contributed by atoms with E-state index >= 15 is 0 Å². The van der Waals surface area contributed by atoms with Crippen molar-refractivity contribution in [2.75, 3.05) is 22.4 Å². The van der Waals surface area contributed by atoms with Gasteiger partial charge in [0.05, 0.1) is 17.5 Å². The van der Waals surface area contributed by atoms with Crippen molar-refractivity contribution >= 4 is 27.3 Å². The minimum absolute atomic E-state index is 0.233. The lowest BCUT2D eigenvalue weighted by molar-refractivity contribution is -0.137. The number of nitrogens with zero attached hydrogens (tertiary/aromatic N) is 1. The normalized spacial score (nSPS) is 11.9. The van der Waals surface area contributed by atoms with Crippen LogP contribution in [0.2, 0.25) is 0 Å². The van der Waals surface area contributed by atoms with Crippen LogP contribution < -0.4 is 9.62 Å². The Balaban J connectivity index is 2.31. The minimum atomic E-state index is -4.62. The van der Waals surface area contributed by atoms with Gasteiger partial charge in [-0.25, -0.2) is 8.42 Å². The molecule has 0 aromatic heterocycles. The van der Waals surface area contributed by atoms with Crippen molar-refractivity contribution in [1.82, 2.24) is 0 Å². The number of hydrogen-bond acceptors (Lipinski definition) is 3. The molecule has 0 aliphatic rings. The molecule has 1 amide bonds. The first-order valence-electron chi connectivity index (χ1n) is 7.90. The molecule has 2 aromatic carbocycles. The highest BCUT2D eigenvalue weighted by Crippen LogP contribution is 2.32. The highest BCUT2D eigenvalue weighted by atomic mass is 32.2. The quantitative estimate of drug-likeness (QED) is 0.832. The molecule has 0 bridgehead atoms. The number of hydrogen-bond donors (Lipinski definition) is 1. The van der Waals surface area contributed by atoms with Crippen LogP contribution in [0.1, 0.15) is 16.7 Å². The molecule has 0 fully saturated rings. The Morgan fingerprint density at radius 1 is 1.11 bits per heavy atom. The molecule has 0 spiro atoms. The maximum absolute atomic E-state index is 12.9. The van der Waals surface area contributed by atoms with E-state index in [0.717, 1.165) is 29.5 Å². The number of aryl methyl sites for hydroxylation is 2. The number of carbonyl (C=O) groups is 1. The fourth-order valence-corrected chi connectivity index (χ4v) is 3.28. The highest BCUT2D eigenvalue weighted by molar-refractivity contribution is 7.92. The number of nitrogens with one attached hydrogen (secondary N) is 1. The lowest BCUT2D eigenvalue weighted by atomic mass is 10.1. The van der Waals surface area contributed by atoms with Gasteiger partial charge >= 0.3 is 6.18 Å². The summed E-state index contributed by atoms with van der Waals surface area (Å²) in [4.78, 5) is 12.3. The Kier molecular flexibility index (Phi) is 5.84. The third-order valence-corrected chi connectivity index (χ3v) is 4.96. The topological polar surface area (TPSA) is 66.5 Å². The summed E-state index contributed by atoms with van der Waals surface area (Å²) in [6, 6.07) is 9.22. The molecule has 146 valence electrons. The molecule has 0 radical (unpaired) electrons. The predicted molar refractivity (Wildman–Crippen MR) is 98.2 cm³/mol. The first-order valence-corrected chi connectivity index (χ1v) is 9.75. The largest absolute Gasteiger partial charge is 0.416 e. The van der Waals surface area contributed by atoms with Gasteiger partial charge in [-0.3, -0.25) is 9.10 Å². The van der Waals surface area contributed by atoms with Crippen molar-refractivity contribution in [3.05, 3.63) is 59.2 Å². The van der Waals surface area contributed by atoms with E-state index in [1.807, 2.05) is 13.0 Å². The monoisotopic (exact) mass is 400 g/mol. The van der Waals surface area contributed by atoms with Crippen LogP contribution >= 0.6 is 0 Å². The molecule has 0 saturated carbocycles. The summed E-state index contributed by atoms with van der Waals surface area (Å²) < 4.78 is 63.5. The van der Waals surface area contributed by atoms with Crippen molar-refractivity contribution in [2.45, 2.75) is 20.0 Å². The Morgan fingerprint density at radius 3 is 2.37 bits per heavy atom. The summed E-state index contributed by atoms with van der Waals surface area (Å²) in [5, 5.41) is 2.60.